The summed E-state index contributed by atoms with van der Waals surface area (Å²) in [5, 5.41) is 2.91. The second-order valence-electron chi connectivity index (χ2n) is 6.09. The van der Waals surface area contributed by atoms with E-state index in [2.05, 4.69) is 5.32 Å². The van der Waals surface area contributed by atoms with E-state index in [1.807, 2.05) is 24.3 Å². The van der Waals surface area contributed by atoms with Crippen molar-refractivity contribution < 1.29 is 17.9 Å². The van der Waals surface area contributed by atoms with Crippen LogP contribution in [0.2, 0.25) is 5.02 Å². The molecule has 0 saturated heterocycles. The number of nitrogens with one attached hydrogen (secondary N) is 1. The number of hydrogen-bond acceptors (Lipinski definition) is 4. The predicted octanol–water partition coefficient (Wildman–Crippen LogP) is 3.35. The fourth-order valence-corrected chi connectivity index (χ4v) is 4.72. The third kappa shape index (κ3) is 5.25. The minimum Gasteiger partial charge on any atom is -0.497 e. The van der Waals surface area contributed by atoms with Gasteiger partial charge in [0.25, 0.3) is 5.91 Å². The Morgan fingerprint density at radius 2 is 1.75 bits per heavy atom. The molecule has 0 unspecified atom stereocenters. The molecule has 8 heteroatoms. The molecule has 2 aromatic carbocycles. The van der Waals surface area contributed by atoms with Crippen molar-refractivity contribution in [3.8, 4) is 5.75 Å². The Bertz CT molecular complexity index is 910. The van der Waals surface area contributed by atoms with Crippen molar-refractivity contribution in [3.63, 3.8) is 0 Å². The number of halogens is 1. The molecule has 152 valence electrons. The molecule has 6 nitrogen and oxygen atoms in total. The molecule has 0 saturated carbocycles. The van der Waals surface area contributed by atoms with Crippen molar-refractivity contribution in [2.45, 2.75) is 25.2 Å². The highest BCUT2D eigenvalue weighted by molar-refractivity contribution is 7.89. The van der Waals surface area contributed by atoms with Crippen LogP contribution < -0.4 is 10.1 Å². The normalized spacial score (nSPS) is 11.5. The topological polar surface area (TPSA) is 75.7 Å². The molecule has 0 aliphatic heterocycles. The molecule has 0 bridgehead atoms. The minimum atomic E-state index is -3.75. The maximum absolute atomic E-state index is 12.7. The van der Waals surface area contributed by atoms with Crippen LogP contribution in [0, 0.1) is 0 Å². The Morgan fingerprint density at radius 3 is 2.32 bits per heavy atom. The lowest BCUT2D eigenvalue weighted by molar-refractivity contribution is 0.0954. The average molecular weight is 425 g/mol. The molecule has 0 aromatic heterocycles. The van der Waals surface area contributed by atoms with E-state index >= 15 is 0 Å². The van der Waals surface area contributed by atoms with Crippen molar-refractivity contribution >= 4 is 27.5 Å². The molecule has 2 rings (SSSR count). The van der Waals surface area contributed by atoms with Crippen LogP contribution in [0.1, 0.15) is 29.8 Å². The van der Waals surface area contributed by atoms with E-state index < -0.39 is 10.0 Å². The van der Waals surface area contributed by atoms with Gasteiger partial charge in [0.05, 0.1) is 12.1 Å². The zero-order valence-electron chi connectivity index (χ0n) is 16.2. The van der Waals surface area contributed by atoms with Gasteiger partial charge in [0.1, 0.15) is 10.6 Å². The van der Waals surface area contributed by atoms with Gasteiger partial charge in [-0.15, -0.1) is 0 Å². The summed E-state index contributed by atoms with van der Waals surface area (Å²) in [6, 6.07) is 11.9. The Morgan fingerprint density at radius 1 is 1.11 bits per heavy atom. The molecule has 0 radical (unpaired) electrons. The van der Waals surface area contributed by atoms with E-state index in [1.54, 1.807) is 21.0 Å². The van der Waals surface area contributed by atoms with Crippen LogP contribution in [-0.4, -0.2) is 45.4 Å². The number of hydrogen-bond donors (Lipinski definition) is 1. The van der Waals surface area contributed by atoms with Crippen LogP contribution in [-0.2, 0) is 16.4 Å². The second-order valence-corrected chi connectivity index (χ2v) is 8.40. The maximum Gasteiger partial charge on any atom is 0.251 e. The fraction of sp³-hybridized carbons (Fsp3) is 0.350. The Hall–Kier alpha value is -2.09. The van der Waals surface area contributed by atoms with E-state index in [0.29, 0.717) is 26.1 Å². The zero-order valence-corrected chi connectivity index (χ0v) is 17.8. The number of carbonyl (C=O) groups is 1. The minimum absolute atomic E-state index is 0.0549. The summed E-state index contributed by atoms with van der Waals surface area (Å²) in [5.41, 5.74) is 1.31. The first-order valence-electron chi connectivity index (χ1n) is 9.04. The molecule has 0 aliphatic rings. The number of methoxy groups -OCH3 is 1. The first-order chi connectivity index (χ1) is 13.3. The van der Waals surface area contributed by atoms with Gasteiger partial charge in [-0.25, -0.2) is 8.42 Å². The highest BCUT2D eigenvalue weighted by Crippen LogP contribution is 2.26. The van der Waals surface area contributed by atoms with Crippen LogP contribution in [0.15, 0.2) is 47.4 Å². The number of sulfonamides is 1. The molecular weight excluding hydrogens is 400 g/mol. The second kappa shape index (κ2) is 9.91. The molecule has 2 aromatic rings. The standard InChI is InChI=1S/C20H25ClN2O4S/c1-4-23(5-2)28(25,26)19-14-16(8-11-18(19)21)20(24)22-13-12-15-6-9-17(27-3)10-7-15/h6-11,14H,4-5,12-13H2,1-3H3,(H,22,24). The third-order valence-corrected chi connectivity index (χ3v) is 6.91. The number of benzene rings is 2. The van der Waals surface area contributed by atoms with Crippen molar-refractivity contribution in [2.75, 3.05) is 26.7 Å². The monoisotopic (exact) mass is 424 g/mol. The quantitative estimate of drug-likeness (QED) is 0.669. The SMILES string of the molecule is CCN(CC)S(=O)(=O)c1cc(C(=O)NCCc2ccc(OC)cc2)ccc1Cl. The summed E-state index contributed by atoms with van der Waals surface area (Å²) >= 11 is 6.10. The van der Waals surface area contributed by atoms with Crippen LogP contribution in [0.5, 0.6) is 5.75 Å². The smallest absolute Gasteiger partial charge is 0.251 e. The van der Waals surface area contributed by atoms with Crippen LogP contribution in [0.25, 0.3) is 0 Å². The van der Waals surface area contributed by atoms with Gasteiger partial charge in [-0.05, 0) is 42.3 Å². The maximum atomic E-state index is 12.7. The van der Waals surface area contributed by atoms with E-state index in [9.17, 15) is 13.2 Å². The van der Waals surface area contributed by atoms with Gasteiger partial charge in [0, 0.05) is 25.2 Å². The molecule has 1 N–H and O–H groups in total. The van der Waals surface area contributed by atoms with Crippen molar-refractivity contribution in [1.29, 1.82) is 0 Å². The lowest BCUT2D eigenvalue weighted by atomic mass is 10.1. The molecule has 0 spiro atoms. The summed E-state index contributed by atoms with van der Waals surface area (Å²) < 4.78 is 31.9. The predicted molar refractivity (Wildman–Crippen MR) is 111 cm³/mol. The van der Waals surface area contributed by atoms with Gasteiger partial charge in [-0.2, -0.15) is 4.31 Å². The zero-order chi connectivity index (χ0) is 20.7. The molecule has 0 atom stereocenters. The third-order valence-electron chi connectivity index (χ3n) is 4.37. The van der Waals surface area contributed by atoms with Gasteiger partial charge in [-0.1, -0.05) is 37.6 Å². The summed E-state index contributed by atoms with van der Waals surface area (Å²) in [5.74, 6) is 0.428. The molecular formula is C20H25ClN2O4S. The molecule has 0 fully saturated rings. The van der Waals surface area contributed by atoms with Gasteiger partial charge in [0.2, 0.25) is 10.0 Å². The average Bonchev–Trinajstić information content (AvgIpc) is 2.69. The summed E-state index contributed by atoms with van der Waals surface area (Å²) in [6.45, 7) is 4.59. The lowest BCUT2D eigenvalue weighted by Crippen LogP contribution is -2.31. The first kappa shape index (κ1) is 22.2. The van der Waals surface area contributed by atoms with Crippen LogP contribution in [0.4, 0.5) is 0 Å². The van der Waals surface area contributed by atoms with Gasteiger partial charge < -0.3 is 10.1 Å². The number of nitrogens with zero attached hydrogens (tertiary/aromatic N) is 1. The summed E-state index contributed by atoms with van der Waals surface area (Å²) in [7, 11) is -2.14. The Labute approximate surface area is 171 Å². The summed E-state index contributed by atoms with van der Waals surface area (Å²) in [4.78, 5) is 12.4. The largest absolute Gasteiger partial charge is 0.497 e. The van der Waals surface area contributed by atoms with E-state index in [0.717, 1.165) is 11.3 Å². The van der Waals surface area contributed by atoms with Gasteiger partial charge in [0.15, 0.2) is 0 Å². The number of amides is 1. The fourth-order valence-electron chi connectivity index (χ4n) is 2.76. The van der Waals surface area contributed by atoms with Gasteiger partial charge in [-0.3, -0.25) is 4.79 Å². The van der Waals surface area contributed by atoms with Crippen molar-refractivity contribution in [3.05, 3.63) is 58.6 Å². The molecule has 1 amide bonds. The van der Waals surface area contributed by atoms with E-state index in [-0.39, 0.29) is 21.4 Å². The summed E-state index contributed by atoms with van der Waals surface area (Å²) in [6.07, 6.45) is 0.647. The van der Waals surface area contributed by atoms with E-state index in [4.69, 9.17) is 16.3 Å². The molecule has 0 aliphatic carbocycles. The van der Waals surface area contributed by atoms with Crippen LogP contribution >= 0.6 is 11.6 Å². The van der Waals surface area contributed by atoms with Crippen molar-refractivity contribution in [2.24, 2.45) is 0 Å². The Kier molecular flexibility index (Phi) is 7.86. The lowest BCUT2D eigenvalue weighted by Gasteiger charge is -2.19. The van der Waals surface area contributed by atoms with Gasteiger partial charge >= 0.3 is 0 Å². The highest BCUT2D eigenvalue weighted by atomic mass is 35.5. The number of rotatable bonds is 9. The number of ether oxygens (including phenoxy) is 1. The first-order valence-corrected chi connectivity index (χ1v) is 10.9. The Balaban J connectivity index is 2.09. The molecule has 28 heavy (non-hydrogen) atoms. The van der Waals surface area contributed by atoms with Crippen LogP contribution in [0.3, 0.4) is 0 Å². The van der Waals surface area contributed by atoms with Crippen molar-refractivity contribution in [1.82, 2.24) is 9.62 Å². The highest BCUT2D eigenvalue weighted by Gasteiger charge is 2.25. The molecule has 0 heterocycles. The number of carbonyl (C=O) groups excluding carboxylic acids is 1. The van der Waals surface area contributed by atoms with E-state index in [1.165, 1.54) is 22.5 Å².